The van der Waals surface area contributed by atoms with Gasteiger partial charge in [0.2, 0.25) is 5.91 Å². The summed E-state index contributed by atoms with van der Waals surface area (Å²) >= 11 is 2.17. The number of methoxy groups -OCH3 is 1. The lowest BCUT2D eigenvalue weighted by Gasteiger charge is -2.12. The molecule has 2 aromatic rings. The lowest BCUT2D eigenvalue weighted by molar-refractivity contribution is -0.144. The Morgan fingerprint density at radius 1 is 1.20 bits per heavy atom. The summed E-state index contributed by atoms with van der Waals surface area (Å²) in [6.07, 6.45) is -0.554. The van der Waals surface area contributed by atoms with Gasteiger partial charge in [-0.1, -0.05) is 12.1 Å². The number of hydrazone groups is 1. The quantitative estimate of drug-likeness (QED) is 0.358. The predicted molar refractivity (Wildman–Crippen MR) is 119 cm³/mol. The van der Waals surface area contributed by atoms with Gasteiger partial charge in [0.15, 0.2) is 6.04 Å². The minimum Gasteiger partial charge on any atom is -0.495 e. The zero-order valence-electron chi connectivity index (χ0n) is 16.2. The van der Waals surface area contributed by atoms with Crippen LogP contribution < -0.4 is 10.1 Å². The van der Waals surface area contributed by atoms with Crippen LogP contribution in [0, 0.1) is 3.57 Å². The molecule has 3 rings (SSSR count). The van der Waals surface area contributed by atoms with E-state index in [4.69, 9.17) is 4.74 Å². The predicted octanol–water partition coefficient (Wildman–Crippen LogP) is 3.53. The number of ether oxygens (including phenoxy) is 1. The molecule has 2 aromatic carbocycles. The van der Waals surface area contributed by atoms with Gasteiger partial charge in [0.05, 0.1) is 24.2 Å². The third-order valence-corrected chi connectivity index (χ3v) is 4.86. The smallest absolute Gasteiger partial charge is 0.282 e. The van der Waals surface area contributed by atoms with Gasteiger partial charge < -0.3 is 10.1 Å². The molecular weight excluding hydrogens is 501 g/mol. The molecule has 0 fully saturated rings. The van der Waals surface area contributed by atoms with Crippen molar-refractivity contribution in [2.75, 3.05) is 12.4 Å². The molecule has 9 nitrogen and oxygen atoms in total. The van der Waals surface area contributed by atoms with E-state index in [9.17, 15) is 14.4 Å². The maximum Gasteiger partial charge on any atom is 0.282 e. The van der Waals surface area contributed by atoms with Gasteiger partial charge in [0.25, 0.3) is 11.8 Å². The molecule has 10 heteroatoms. The summed E-state index contributed by atoms with van der Waals surface area (Å²) in [7, 11) is 1.47. The van der Waals surface area contributed by atoms with E-state index < -0.39 is 30.2 Å². The number of benzene rings is 2. The van der Waals surface area contributed by atoms with Crippen LogP contribution in [0.1, 0.15) is 13.3 Å². The molecule has 0 unspecified atom stereocenters. The molecule has 0 radical (unpaired) electrons. The Morgan fingerprint density at radius 2 is 1.90 bits per heavy atom. The molecule has 0 saturated heterocycles. The number of hydrogen-bond acceptors (Lipinski definition) is 7. The molecule has 1 N–H and O–H groups in total. The fraction of sp³-hybridized carbons (Fsp3) is 0.200. The van der Waals surface area contributed by atoms with Crippen LogP contribution in [-0.2, 0) is 14.4 Å². The second-order valence-electron chi connectivity index (χ2n) is 6.30. The van der Waals surface area contributed by atoms with Crippen LogP contribution in [0.4, 0.5) is 11.4 Å². The number of imide groups is 1. The summed E-state index contributed by atoms with van der Waals surface area (Å²) in [4.78, 5) is 37.2. The highest BCUT2D eigenvalue weighted by Crippen LogP contribution is 2.23. The summed E-state index contributed by atoms with van der Waals surface area (Å²) in [5, 5.41) is 15.3. The number of nitrogens with one attached hydrogen (secondary N) is 1. The number of anilines is 1. The van der Waals surface area contributed by atoms with E-state index in [2.05, 4.69) is 43.2 Å². The number of carbonyl (C=O) groups excluding carboxylic acids is 3. The maximum atomic E-state index is 12.6. The highest BCUT2D eigenvalue weighted by molar-refractivity contribution is 14.1. The molecule has 0 aliphatic carbocycles. The topological polar surface area (TPSA) is 113 Å². The molecular formula is C20H18IN5O4. The monoisotopic (exact) mass is 519 g/mol. The first kappa shape index (κ1) is 21.6. The summed E-state index contributed by atoms with van der Waals surface area (Å²) in [5.41, 5.74) is 1.33. The van der Waals surface area contributed by atoms with Gasteiger partial charge in [0, 0.05) is 3.57 Å². The Balaban J connectivity index is 1.63. The number of halogens is 1. The van der Waals surface area contributed by atoms with Crippen LogP contribution in [-0.4, -0.2) is 41.6 Å². The summed E-state index contributed by atoms with van der Waals surface area (Å²) < 4.78 is 6.20. The van der Waals surface area contributed by atoms with E-state index in [1.807, 2.05) is 12.1 Å². The largest absolute Gasteiger partial charge is 0.495 e. The van der Waals surface area contributed by atoms with Gasteiger partial charge >= 0.3 is 0 Å². The lowest BCUT2D eigenvalue weighted by atomic mass is 10.2. The number of nitrogens with zero attached hydrogens (tertiary/aromatic N) is 4. The minimum absolute atomic E-state index is 0.327. The van der Waals surface area contributed by atoms with Crippen LogP contribution >= 0.6 is 22.6 Å². The summed E-state index contributed by atoms with van der Waals surface area (Å²) in [5.74, 6) is -1.52. The van der Waals surface area contributed by atoms with Crippen molar-refractivity contribution in [3.05, 3.63) is 52.1 Å². The Morgan fingerprint density at radius 3 is 2.60 bits per heavy atom. The molecule has 0 bridgehead atoms. The van der Waals surface area contributed by atoms with Crippen molar-refractivity contribution >= 4 is 57.4 Å². The molecule has 1 atom stereocenters. The van der Waals surface area contributed by atoms with E-state index in [0.29, 0.717) is 27.8 Å². The second kappa shape index (κ2) is 9.57. The Kier molecular flexibility index (Phi) is 6.87. The highest BCUT2D eigenvalue weighted by atomic mass is 127. The van der Waals surface area contributed by atoms with Gasteiger partial charge in [-0.15, -0.1) is 0 Å². The first-order valence-corrected chi connectivity index (χ1v) is 9.98. The summed E-state index contributed by atoms with van der Waals surface area (Å²) in [6.45, 7) is 1.58. The molecule has 0 spiro atoms. The molecule has 1 aliphatic heterocycles. The number of hydrogen-bond donors (Lipinski definition) is 1. The van der Waals surface area contributed by atoms with E-state index in [0.717, 1.165) is 3.57 Å². The maximum absolute atomic E-state index is 12.6. The molecule has 30 heavy (non-hydrogen) atoms. The SMILES string of the molecule is COc1ccccc1NC(=O)CC(=O)N1N=C(C)[C@H](N=Nc2ccc(I)cc2)C1=O. The second-order valence-corrected chi connectivity index (χ2v) is 7.55. The van der Waals surface area contributed by atoms with E-state index >= 15 is 0 Å². The Bertz CT molecular complexity index is 1040. The summed E-state index contributed by atoms with van der Waals surface area (Å²) in [6, 6.07) is 13.1. The number of rotatable bonds is 6. The van der Waals surface area contributed by atoms with Crippen LogP contribution in [0.3, 0.4) is 0 Å². The molecule has 1 aliphatic rings. The number of carbonyl (C=O) groups is 3. The molecule has 3 amide bonds. The fourth-order valence-corrected chi connectivity index (χ4v) is 3.01. The van der Waals surface area contributed by atoms with Crippen LogP contribution in [0.15, 0.2) is 63.9 Å². The normalized spacial score (nSPS) is 16.0. The molecule has 1 heterocycles. The molecule has 0 saturated carbocycles. The Labute approximate surface area is 186 Å². The molecule has 0 aromatic heterocycles. The third kappa shape index (κ3) is 5.06. The Hall–Kier alpha value is -3.15. The standard InChI is InChI=1S/C20H18IN5O4/c1-12-19(24-23-14-9-7-13(21)8-10-14)20(29)26(25-12)18(28)11-17(27)22-15-5-3-4-6-16(15)30-2/h3-10,19H,11H2,1-2H3,(H,22,27)/t19-/m0/s1. The first-order valence-electron chi connectivity index (χ1n) is 8.90. The minimum atomic E-state index is -0.995. The van der Waals surface area contributed by atoms with Crippen molar-refractivity contribution in [3.8, 4) is 5.75 Å². The van der Waals surface area contributed by atoms with Gasteiger partial charge in [-0.3, -0.25) is 14.4 Å². The van der Waals surface area contributed by atoms with Crippen molar-refractivity contribution in [1.29, 1.82) is 0 Å². The van der Waals surface area contributed by atoms with Crippen molar-refractivity contribution < 1.29 is 19.1 Å². The fourth-order valence-electron chi connectivity index (χ4n) is 2.65. The first-order chi connectivity index (χ1) is 14.4. The zero-order chi connectivity index (χ0) is 21.7. The van der Waals surface area contributed by atoms with Gasteiger partial charge in [-0.2, -0.15) is 20.3 Å². The molecule has 154 valence electrons. The van der Waals surface area contributed by atoms with Gasteiger partial charge in [-0.05, 0) is 65.9 Å². The van der Waals surface area contributed by atoms with Crippen LogP contribution in [0.2, 0.25) is 0 Å². The average Bonchev–Trinajstić information content (AvgIpc) is 3.01. The van der Waals surface area contributed by atoms with Crippen molar-refractivity contribution in [2.24, 2.45) is 15.3 Å². The van der Waals surface area contributed by atoms with E-state index in [1.165, 1.54) is 7.11 Å². The van der Waals surface area contributed by atoms with Crippen molar-refractivity contribution in [3.63, 3.8) is 0 Å². The van der Waals surface area contributed by atoms with E-state index in [-0.39, 0.29) is 0 Å². The van der Waals surface area contributed by atoms with Crippen molar-refractivity contribution in [1.82, 2.24) is 5.01 Å². The van der Waals surface area contributed by atoms with Crippen LogP contribution in [0.25, 0.3) is 0 Å². The zero-order valence-corrected chi connectivity index (χ0v) is 18.4. The lowest BCUT2D eigenvalue weighted by Crippen LogP contribution is -2.36. The van der Waals surface area contributed by atoms with Crippen molar-refractivity contribution in [2.45, 2.75) is 19.4 Å². The van der Waals surface area contributed by atoms with Gasteiger partial charge in [0.1, 0.15) is 12.2 Å². The number of amides is 3. The third-order valence-electron chi connectivity index (χ3n) is 4.14. The van der Waals surface area contributed by atoms with Gasteiger partial charge in [-0.25, -0.2) is 0 Å². The van der Waals surface area contributed by atoms with Crippen LogP contribution in [0.5, 0.6) is 5.75 Å². The van der Waals surface area contributed by atoms with E-state index in [1.54, 1.807) is 43.3 Å². The highest BCUT2D eigenvalue weighted by Gasteiger charge is 2.38. The number of para-hydroxylation sites is 2. The average molecular weight is 519 g/mol. The number of azo groups is 1.